The summed E-state index contributed by atoms with van der Waals surface area (Å²) in [7, 11) is 0. The summed E-state index contributed by atoms with van der Waals surface area (Å²) < 4.78 is 23.5. The highest BCUT2D eigenvalue weighted by atomic mass is 35.5. The van der Waals surface area contributed by atoms with Crippen molar-refractivity contribution in [1.82, 2.24) is 4.98 Å². The molecule has 0 aliphatic carbocycles. The van der Waals surface area contributed by atoms with Crippen molar-refractivity contribution in [3.63, 3.8) is 0 Å². The summed E-state index contributed by atoms with van der Waals surface area (Å²) in [5.41, 5.74) is 0.879. The summed E-state index contributed by atoms with van der Waals surface area (Å²) in [5, 5.41) is 0. The molecule has 3 aliphatic rings. The molecule has 1 unspecified atom stereocenters. The smallest absolute Gasteiger partial charge is 0.416 e. The highest BCUT2D eigenvalue weighted by molar-refractivity contribution is 7.16. The first-order valence-electron chi connectivity index (χ1n) is 8.91. The van der Waals surface area contributed by atoms with Crippen LogP contribution in [0.4, 0.5) is 10.5 Å². The number of benzene rings is 1. The maximum Gasteiger partial charge on any atom is 0.416 e. The topological polar surface area (TPSA) is 70.1 Å². The van der Waals surface area contributed by atoms with E-state index in [1.807, 2.05) is 24.3 Å². The number of halogens is 1. The molecule has 0 saturated heterocycles. The fourth-order valence-corrected chi connectivity index (χ4v) is 4.99. The van der Waals surface area contributed by atoms with E-state index in [1.54, 1.807) is 23.2 Å². The van der Waals surface area contributed by atoms with E-state index in [4.69, 9.17) is 30.5 Å². The lowest BCUT2D eigenvalue weighted by atomic mass is 9.89. The number of carbonyl (C=O) groups excluding carboxylic acids is 1. The Morgan fingerprint density at radius 2 is 2.00 bits per heavy atom. The standard InChI is InChI=1S/C20H13ClN2O5S/c21-17-4-3-11(29-17)8-23-13-2-1-5-22-18(13)20(28-19(23)24)9-25-14-7-16-15(6-12(14)20)26-10-27-16/h1-7H,8-10H2. The van der Waals surface area contributed by atoms with Gasteiger partial charge in [-0.1, -0.05) is 11.6 Å². The summed E-state index contributed by atoms with van der Waals surface area (Å²) in [4.78, 5) is 20.2. The lowest BCUT2D eigenvalue weighted by Crippen LogP contribution is -2.47. The molecule has 1 spiro atoms. The molecular formula is C20H13ClN2O5S. The highest BCUT2D eigenvalue weighted by Gasteiger charge is 2.54. The second-order valence-corrected chi connectivity index (χ2v) is 8.65. The Hall–Kier alpha value is -2.97. The lowest BCUT2D eigenvalue weighted by Gasteiger charge is -2.38. The van der Waals surface area contributed by atoms with Crippen molar-refractivity contribution in [2.24, 2.45) is 0 Å². The quantitative estimate of drug-likeness (QED) is 0.605. The van der Waals surface area contributed by atoms with E-state index >= 15 is 0 Å². The van der Waals surface area contributed by atoms with Crippen LogP contribution < -0.4 is 19.1 Å². The van der Waals surface area contributed by atoms with E-state index in [-0.39, 0.29) is 13.4 Å². The average Bonchev–Trinajstić information content (AvgIpc) is 3.43. The van der Waals surface area contributed by atoms with Crippen molar-refractivity contribution < 1.29 is 23.7 Å². The van der Waals surface area contributed by atoms with Crippen LogP contribution in [0.3, 0.4) is 0 Å². The molecule has 1 amide bonds. The van der Waals surface area contributed by atoms with Crippen LogP contribution in [0.5, 0.6) is 17.2 Å². The molecule has 1 aromatic carbocycles. The molecule has 29 heavy (non-hydrogen) atoms. The number of hydrogen-bond donors (Lipinski definition) is 0. The molecule has 0 saturated carbocycles. The van der Waals surface area contributed by atoms with Crippen molar-refractivity contribution in [3.05, 3.63) is 63.1 Å². The van der Waals surface area contributed by atoms with Gasteiger partial charge in [-0.3, -0.25) is 9.88 Å². The monoisotopic (exact) mass is 428 g/mol. The van der Waals surface area contributed by atoms with Crippen LogP contribution in [0.25, 0.3) is 0 Å². The maximum atomic E-state index is 13.1. The number of hydrogen-bond acceptors (Lipinski definition) is 7. The fourth-order valence-electron chi connectivity index (χ4n) is 3.91. The molecule has 3 aromatic rings. The normalized spacial score (nSPS) is 21.0. The van der Waals surface area contributed by atoms with Gasteiger partial charge in [-0.15, -0.1) is 11.3 Å². The van der Waals surface area contributed by atoms with Gasteiger partial charge in [0.05, 0.1) is 22.1 Å². The Labute approximate surface area is 174 Å². The molecule has 146 valence electrons. The Kier molecular flexibility index (Phi) is 3.51. The van der Waals surface area contributed by atoms with Crippen LogP contribution in [-0.4, -0.2) is 24.5 Å². The lowest BCUT2D eigenvalue weighted by molar-refractivity contribution is 0.0186. The van der Waals surface area contributed by atoms with Gasteiger partial charge in [-0.2, -0.15) is 0 Å². The molecule has 3 aliphatic heterocycles. The van der Waals surface area contributed by atoms with E-state index in [0.29, 0.717) is 45.1 Å². The Morgan fingerprint density at radius 3 is 2.83 bits per heavy atom. The van der Waals surface area contributed by atoms with E-state index in [2.05, 4.69) is 4.98 Å². The summed E-state index contributed by atoms with van der Waals surface area (Å²) >= 11 is 7.47. The zero-order valence-corrected chi connectivity index (χ0v) is 16.5. The average molecular weight is 429 g/mol. The van der Waals surface area contributed by atoms with E-state index in [9.17, 15) is 4.79 Å². The third-order valence-electron chi connectivity index (χ3n) is 5.23. The van der Waals surface area contributed by atoms with E-state index < -0.39 is 11.7 Å². The van der Waals surface area contributed by atoms with E-state index in [0.717, 1.165) is 4.88 Å². The van der Waals surface area contributed by atoms with Gasteiger partial charge in [0.1, 0.15) is 18.1 Å². The second-order valence-electron chi connectivity index (χ2n) is 6.85. The Bertz CT molecular complexity index is 1170. The number of amides is 1. The van der Waals surface area contributed by atoms with Crippen molar-refractivity contribution in [2.75, 3.05) is 18.3 Å². The van der Waals surface area contributed by atoms with Crippen molar-refractivity contribution in [2.45, 2.75) is 12.1 Å². The van der Waals surface area contributed by atoms with Crippen LogP contribution in [0.1, 0.15) is 16.1 Å². The van der Waals surface area contributed by atoms with Gasteiger partial charge < -0.3 is 18.9 Å². The minimum absolute atomic E-state index is 0.139. The molecule has 0 bridgehead atoms. The second kappa shape index (κ2) is 6.01. The predicted molar refractivity (Wildman–Crippen MR) is 105 cm³/mol. The summed E-state index contributed by atoms with van der Waals surface area (Å²) in [6.07, 6.45) is 1.22. The molecule has 9 heteroatoms. The molecule has 2 aromatic heterocycles. The molecule has 7 nitrogen and oxygen atoms in total. The van der Waals surface area contributed by atoms with Crippen molar-refractivity contribution >= 4 is 34.7 Å². The Balaban J connectivity index is 1.48. The maximum absolute atomic E-state index is 13.1. The molecule has 1 atom stereocenters. The zero-order chi connectivity index (χ0) is 19.6. The van der Waals surface area contributed by atoms with E-state index in [1.165, 1.54) is 11.3 Å². The van der Waals surface area contributed by atoms with Crippen LogP contribution in [-0.2, 0) is 16.9 Å². The number of anilines is 1. The molecule has 0 fully saturated rings. The van der Waals surface area contributed by atoms with Gasteiger partial charge in [0, 0.05) is 17.1 Å². The first-order valence-corrected chi connectivity index (χ1v) is 10.1. The van der Waals surface area contributed by atoms with Crippen LogP contribution in [0.15, 0.2) is 42.6 Å². The summed E-state index contributed by atoms with van der Waals surface area (Å²) in [5.74, 6) is 1.80. The molecule has 6 rings (SSSR count). The molecular weight excluding hydrogens is 416 g/mol. The number of aromatic nitrogens is 1. The third kappa shape index (κ3) is 2.42. The van der Waals surface area contributed by atoms with Gasteiger partial charge >= 0.3 is 6.09 Å². The van der Waals surface area contributed by atoms with Gasteiger partial charge in [0.15, 0.2) is 11.5 Å². The van der Waals surface area contributed by atoms with Crippen LogP contribution >= 0.6 is 22.9 Å². The highest BCUT2D eigenvalue weighted by Crippen LogP contribution is 2.53. The third-order valence-corrected chi connectivity index (χ3v) is 6.44. The number of ether oxygens (including phenoxy) is 4. The summed E-state index contributed by atoms with van der Waals surface area (Å²) in [6, 6.07) is 11.0. The summed E-state index contributed by atoms with van der Waals surface area (Å²) in [6.45, 7) is 0.635. The van der Waals surface area contributed by atoms with Crippen molar-refractivity contribution in [1.29, 1.82) is 0 Å². The van der Waals surface area contributed by atoms with Gasteiger partial charge in [-0.05, 0) is 30.3 Å². The Morgan fingerprint density at radius 1 is 1.14 bits per heavy atom. The van der Waals surface area contributed by atoms with Crippen molar-refractivity contribution in [3.8, 4) is 17.2 Å². The number of thiophene rings is 1. The minimum atomic E-state index is -1.13. The van der Waals surface area contributed by atoms with Gasteiger partial charge in [-0.25, -0.2) is 4.79 Å². The molecule has 0 N–H and O–H groups in total. The van der Waals surface area contributed by atoms with Crippen LogP contribution in [0, 0.1) is 0 Å². The SMILES string of the molecule is O=C1OC2(COc3cc4c(cc32)OCO4)c2ncccc2N1Cc1ccc(Cl)s1. The van der Waals surface area contributed by atoms with Gasteiger partial charge in [0.2, 0.25) is 12.4 Å². The van der Waals surface area contributed by atoms with Gasteiger partial charge in [0.25, 0.3) is 0 Å². The number of pyridine rings is 1. The van der Waals surface area contributed by atoms with Crippen LogP contribution in [0.2, 0.25) is 4.34 Å². The number of fused-ring (bicyclic) bond motifs is 5. The number of carbonyl (C=O) groups is 1. The number of rotatable bonds is 2. The fraction of sp³-hybridized carbons (Fsp3) is 0.200. The first-order chi connectivity index (χ1) is 14.1. The number of nitrogens with zero attached hydrogens (tertiary/aromatic N) is 2. The predicted octanol–water partition coefficient (Wildman–Crippen LogP) is 4.32. The minimum Gasteiger partial charge on any atom is -0.488 e. The molecule has 0 radical (unpaired) electrons. The largest absolute Gasteiger partial charge is 0.488 e. The molecule has 5 heterocycles. The first kappa shape index (κ1) is 16.9. The zero-order valence-electron chi connectivity index (χ0n) is 14.9.